The largest absolute Gasteiger partial charge is 0.358 e. The highest BCUT2D eigenvalue weighted by molar-refractivity contribution is 9.10. The number of thiocarbonyl (C=S) groups is 1. The maximum Gasteiger partial charge on any atom is 0.234 e. The molecule has 0 aromatic heterocycles. The molecule has 0 fully saturated rings. The zero-order valence-corrected chi connectivity index (χ0v) is 15.1. The molecule has 0 saturated carbocycles. The molecule has 1 rings (SSSR count). The maximum atomic E-state index is 11.9. The topological polar surface area (TPSA) is 32.3 Å². The Labute approximate surface area is 138 Å². The van der Waals surface area contributed by atoms with Crippen molar-refractivity contribution in [1.82, 2.24) is 4.90 Å². The first kappa shape index (κ1) is 17.5. The van der Waals surface area contributed by atoms with Crippen LogP contribution in [0.5, 0.6) is 0 Å². The molecule has 6 heteroatoms. The van der Waals surface area contributed by atoms with E-state index in [4.69, 9.17) is 12.2 Å². The van der Waals surface area contributed by atoms with Gasteiger partial charge in [-0.05, 0) is 44.5 Å². The van der Waals surface area contributed by atoms with Crippen LogP contribution in [0.15, 0.2) is 22.7 Å². The van der Waals surface area contributed by atoms with E-state index < -0.39 is 0 Å². The van der Waals surface area contributed by atoms with E-state index in [0.29, 0.717) is 5.75 Å². The summed E-state index contributed by atoms with van der Waals surface area (Å²) in [7, 11) is 0. The van der Waals surface area contributed by atoms with Crippen LogP contribution in [0.4, 0.5) is 5.69 Å². The van der Waals surface area contributed by atoms with Crippen LogP contribution in [0, 0.1) is 6.92 Å². The van der Waals surface area contributed by atoms with E-state index in [1.54, 1.807) is 0 Å². The average molecular weight is 375 g/mol. The minimum Gasteiger partial charge on any atom is -0.358 e. The predicted molar refractivity (Wildman–Crippen MR) is 95.5 cm³/mol. The van der Waals surface area contributed by atoms with Crippen molar-refractivity contribution in [1.29, 1.82) is 0 Å². The molecule has 0 bridgehead atoms. The molecule has 0 heterocycles. The van der Waals surface area contributed by atoms with Gasteiger partial charge in [-0.15, -0.1) is 0 Å². The zero-order chi connectivity index (χ0) is 15.1. The molecule has 0 saturated heterocycles. The molecule has 1 N–H and O–H groups in total. The van der Waals surface area contributed by atoms with Crippen LogP contribution in [-0.4, -0.2) is 34.0 Å². The second kappa shape index (κ2) is 8.64. The molecule has 3 nitrogen and oxygen atoms in total. The lowest BCUT2D eigenvalue weighted by Crippen LogP contribution is -2.28. The lowest BCUT2D eigenvalue weighted by molar-refractivity contribution is -0.113. The maximum absolute atomic E-state index is 11.9. The number of anilines is 1. The smallest absolute Gasteiger partial charge is 0.234 e. The van der Waals surface area contributed by atoms with Crippen molar-refractivity contribution < 1.29 is 4.79 Å². The Morgan fingerprint density at radius 1 is 1.40 bits per heavy atom. The Kier molecular flexibility index (Phi) is 7.55. The summed E-state index contributed by atoms with van der Waals surface area (Å²) in [5.74, 6) is 0.302. The number of aryl methyl sites for hydroxylation is 1. The summed E-state index contributed by atoms with van der Waals surface area (Å²) in [6.07, 6.45) is 0. The van der Waals surface area contributed by atoms with E-state index in [-0.39, 0.29) is 5.91 Å². The third-order valence-electron chi connectivity index (χ3n) is 2.79. The van der Waals surface area contributed by atoms with Gasteiger partial charge in [0.15, 0.2) is 0 Å². The third kappa shape index (κ3) is 5.42. The van der Waals surface area contributed by atoms with Crippen molar-refractivity contribution in [3.63, 3.8) is 0 Å². The Bertz CT molecular complexity index is 490. The molecule has 0 aliphatic rings. The predicted octanol–water partition coefficient (Wildman–Crippen LogP) is 4.06. The average Bonchev–Trinajstić information content (AvgIpc) is 2.42. The van der Waals surface area contributed by atoms with Crippen LogP contribution in [0.3, 0.4) is 0 Å². The number of amides is 1. The number of halogens is 1. The SMILES string of the molecule is CCN(CC)C(=S)SCC(=O)Nc1ccc(Br)c(C)c1. The van der Waals surface area contributed by atoms with Gasteiger partial charge in [-0.2, -0.15) is 0 Å². The van der Waals surface area contributed by atoms with Crippen molar-refractivity contribution in [3.05, 3.63) is 28.2 Å². The molecular weight excluding hydrogens is 356 g/mol. The van der Waals surface area contributed by atoms with Crippen molar-refractivity contribution in [2.24, 2.45) is 0 Å². The fourth-order valence-corrected chi connectivity index (χ4v) is 3.07. The normalized spacial score (nSPS) is 10.2. The number of nitrogens with zero attached hydrogens (tertiary/aromatic N) is 1. The summed E-state index contributed by atoms with van der Waals surface area (Å²) in [5, 5.41) is 2.88. The molecular formula is C14H19BrN2OS2. The number of nitrogens with one attached hydrogen (secondary N) is 1. The second-order valence-electron chi connectivity index (χ2n) is 4.24. The van der Waals surface area contributed by atoms with Gasteiger partial charge in [0.2, 0.25) is 5.91 Å². The number of benzene rings is 1. The summed E-state index contributed by atoms with van der Waals surface area (Å²) in [5.41, 5.74) is 1.90. The van der Waals surface area contributed by atoms with Gasteiger partial charge in [0, 0.05) is 23.2 Å². The van der Waals surface area contributed by atoms with Gasteiger partial charge in [-0.3, -0.25) is 4.79 Å². The van der Waals surface area contributed by atoms with Gasteiger partial charge in [0.05, 0.1) is 5.75 Å². The first-order valence-electron chi connectivity index (χ1n) is 6.45. The Hall–Kier alpha value is -0.590. The van der Waals surface area contributed by atoms with E-state index in [9.17, 15) is 4.79 Å². The molecule has 20 heavy (non-hydrogen) atoms. The number of hydrogen-bond donors (Lipinski definition) is 1. The number of carbonyl (C=O) groups excluding carboxylic acids is 1. The number of rotatable bonds is 5. The van der Waals surface area contributed by atoms with Crippen molar-refractivity contribution in [2.45, 2.75) is 20.8 Å². The molecule has 0 radical (unpaired) electrons. The Morgan fingerprint density at radius 3 is 2.60 bits per heavy atom. The zero-order valence-electron chi connectivity index (χ0n) is 11.9. The number of hydrogen-bond acceptors (Lipinski definition) is 3. The summed E-state index contributed by atoms with van der Waals surface area (Å²) in [6, 6.07) is 5.75. The standard InChI is InChI=1S/C14H19BrN2OS2/c1-4-17(5-2)14(19)20-9-13(18)16-11-6-7-12(15)10(3)8-11/h6-8H,4-5,9H2,1-3H3,(H,16,18). The van der Waals surface area contributed by atoms with E-state index in [1.807, 2.05) is 25.1 Å². The molecule has 1 aromatic carbocycles. The van der Waals surface area contributed by atoms with Gasteiger partial charge < -0.3 is 10.2 Å². The van der Waals surface area contributed by atoms with Gasteiger partial charge >= 0.3 is 0 Å². The quantitative estimate of drug-likeness (QED) is 0.787. The summed E-state index contributed by atoms with van der Waals surface area (Å²) >= 11 is 10.1. The molecule has 0 unspecified atom stereocenters. The molecule has 110 valence electrons. The molecule has 0 aliphatic heterocycles. The number of thioether (sulfide) groups is 1. The van der Waals surface area contributed by atoms with Crippen molar-refractivity contribution in [3.8, 4) is 0 Å². The highest BCUT2D eigenvalue weighted by Crippen LogP contribution is 2.20. The first-order chi connectivity index (χ1) is 9.47. The Balaban J connectivity index is 2.47. The minimum absolute atomic E-state index is 0.0359. The first-order valence-corrected chi connectivity index (χ1v) is 8.64. The summed E-state index contributed by atoms with van der Waals surface area (Å²) in [6.45, 7) is 7.85. The van der Waals surface area contributed by atoms with Gasteiger partial charge in [-0.1, -0.05) is 39.9 Å². The second-order valence-corrected chi connectivity index (χ2v) is 6.70. The Morgan fingerprint density at radius 2 is 2.05 bits per heavy atom. The van der Waals surface area contributed by atoms with E-state index in [2.05, 4.69) is 40.0 Å². The number of carbonyl (C=O) groups is 1. The van der Waals surface area contributed by atoms with E-state index in [1.165, 1.54) is 11.8 Å². The lowest BCUT2D eigenvalue weighted by Gasteiger charge is -2.20. The molecule has 1 aromatic rings. The molecule has 1 amide bonds. The third-order valence-corrected chi connectivity index (χ3v) is 5.20. The van der Waals surface area contributed by atoms with Crippen LogP contribution in [0.25, 0.3) is 0 Å². The minimum atomic E-state index is -0.0359. The van der Waals surface area contributed by atoms with Crippen LogP contribution in [-0.2, 0) is 4.79 Å². The highest BCUT2D eigenvalue weighted by atomic mass is 79.9. The van der Waals surface area contributed by atoms with Crippen LogP contribution >= 0.6 is 39.9 Å². The summed E-state index contributed by atoms with van der Waals surface area (Å²) in [4.78, 5) is 14.0. The van der Waals surface area contributed by atoms with Gasteiger partial charge in [0.1, 0.15) is 4.32 Å². The molecule has 0 aliphatic carbocycles. The molecule has 0 atom stereocenters. The van der Waals surface area contributed by atoms with Gasteiger partial charge in [-0.25, -0.2) is 0 Å². The summed E-state index contributed by atoms with van der Waals surface area (Å²) < 4.78 is 1.81. The molecule has 0 spiro atoms. The van der Waals surface area contributed by atoms with Crippen molar-refractivity contribution in [2.75, 3.05) is 24.2 Å². The fourth-order valence-electron chi connectivity index (χ4n) is 1.62. The lowest BCUT2D eigenvalue weighted by atomic mass is 10.2. The van der Waals surface area contributed by atoms with E-state index >= 15 is 0 Å². The monoisotopic (exact) mass is 374 g/mol. The fraction of sp³-hybridized carbons (Fsp3) is 0.429. The van der Waals surface area contributed by atoms with Crippen LogP contribution in [0.2, 0.25) is 0 Å². The van der Waals surface area contributed by atoms with Crippen molar-refractivity contribution >= 4 is 55.8 Å². The van der Waals surface area contributed by atoms with Crippen LogP contribution < -0.4 is 5.32 Å². The van der Waals surface area contributed by atoms with Gasteiger partial charge in [0.25, 0.3) is 0 Å². The van der Waals surface area contributed by atoms with E-state index in [0.717, 1.165) is 33.1 Å². The van der Waals surface area contributed by atoms with Crippen LogP contribution in [0.1, 0.15) is 19.4 Å². The highest BCUT2D eigenvalue weighted by Gasteiger charge is 2.09.